The number of hydrogen-bond acceptors (Lipinski definition) is 2. The van der Waals surface area contributed by atoms with Crippen LogP contribution in [0.15, 0.2) is 11.4 Å². The third-order valence-electron chi connectivity index (χ3n) is 3.28. The summed E-state index contributed by atoms with van der Waals surface area (Å²) in [5.41, 5.74) is 7.63. The summed E-state index contributed by atoms with van der Waals surface area (Å²) >= 11 is 1.92. The van der Waals surface area contributed by atoms with Gasteiger partial charge in [-0.05, 0) is 49.7 Å². The van der Waals surface area contributed by atoms with Gasteiger partial charge in [0.2, 0.25) is 0 Å². The fourth-order valence-electron chi connectivity index (χ4n) is 2.39. The number of hydrogen-bond donors (Lipinski definition) is 1. The lowest BCUT2D eigenvalue weighted by atomic mass is 9.65. The highest BCUT2D eigenvalue weighted by molar-refractivity contribution is 7.10. The van der Waals surface area contributed by atoms with Gasteiger partial charge in [0, 0.05) is 10.3 Å². The van der Waals surface area contributed by atoms with Crippen LogP contribution >= 0.6 is 11.3 Å². The molecule has 0 unspecified atom stereocenters. The summed E-state index contributed by atoms with van der Waals surface area (Å²) in [7, 11) is 0. The smallest absolute Gasteiger partial charge is 0.0137 e. The molecule has 0 spiro atoms. The first-order valence-electron chi connectivity index (χ1n) is 5.03. The van der Waals surface area contributed by atoms with Gasteiger partial charge in [-0.3, -0.25) is 0 Å². The van der Waals surface area contributed by atoms with E-state index in [9.17, 15) is 0 Å². The van der Waals surface area contributed by atoms with Crippen LogP contribution in [0.1, 0.15) is 36.1 Å². The van der Waals surface area contributed by atoms with Crippen molar-refractivity contribution in [2.45, 2.75) is 38.0 Å². The van der Waals surface area contributed by atoms with E-state index in [0.29, 0.717) is 5.41 Å². The summed E-state index contributed by atoms with van der Waals surface area (Å²) in [6.45, 7) is 3.06. The Hall–Kier alpha value is -0.340. The molecule has 1 aliphatic carbocycles. The number of aryl methyl sites for hydroxylation is 1. The Morgan fingerprint density at radius 2 is 2.31 bits per heavy atom. The summed E-state index contributed by atoms with van der Waals surface area (Å²) < 4.78 is 0. The van der Waals surface area contributed by atoms with Crippen molar-refractivity contribution in [2.24, 2.45) is 5.73 Å². The van der Waals surface area contributed by atoms with Crippen LogP contribution in [-0.2, 0) is 5.41 Å². The maximum Gasteiger partial charge on any atom is 0.0137 e. The lowest BCUT2D eigenvalue weighted by Crippen LogP contribution is -2.36. The summed E-state index contributed by atoms with van der Waals surface area (Å²) in [4.78, 5) is 1.60. The SMILES string of the molecule is Cc1ccsc1C1(CCN)CCC1. The molecule has 1 heterocycles. The fraction of sp³-hybridized carbons (Fsp3) is 0.636. The quantitative estimate of drug-likeness (QED) is 0.788. The van der Waals surface area contributed by atoms with E-state index in [4.69, 9.17) is 5.73 Å². The zero-order valence-electron chi connectivity index (χ0n) is 8.18. The second-order valence-electron chi connectivity index (χ2n) is 4.11. The predicted octanol–water partition coefficient (Wildman–Crippen LogP) is 2.83. The minimum atomic E-state index is 0.479. The Labute approximate surface area is 84.0 Å². The Morgan fingerprint density at radius 3 is 2.69 bits per heavy atom. The fourth-order valence-corrected chi connectivity index (χ4v) is 3.60. The van der Waals surface area contributed by atoms with E-state index in [-0.39, 0.29) is 0 Å². The average molecular weight is 195 g/mol. The van der Waals surface area contributed by atoms with Crippen LogP contribution < -0.4 is 5.73 Å². The molecule has 13 heavy (non-hydrogen) atoms. The Balaban J connectivity index is 2.26. The van der Waals surface area contributed by atoms with Crippen molar-refractivity contribution >= 4 is 11.3 Å². The van der Waals surface area contributed by atoms with Crippen molar-refractivity contribution in [3.05, 3.63) is 21.9 Å². The van der Waals surface area contributed by atoms with Gasteiger partial charge in [-0.2, -0.15) is 0 Å². The monoisotopic (exact) mass is 195 g/mol. The zero-order valence-corrected chi connectivity index (χ0v) is 8.99. The lowest BCUT2D eigenvalue weighted by Gasteiger charge is -2.42. The van der Waals surface area contributed by atoms with Gasteiger partial charge in [-0.1, -0.05) is 6.42 Å². The number of rotatable bonds is 3. The van der Waals surface area contributed by atoms with Gasteiger partial charge in [0.25, 0.3) is 0 Å². The highest BCUT2D eigenvalue weighted by Crippen LogP contribution is 2.49. The topological polar surface area (TPSA) is 26.0 Å². The molecular formula is C11H17NS. The van der Waals surface area contributed by atoms with Crippen LogP contribution in [-0.4, -0.2) is 6.54 Å². The van der Waals surface area contributed by atoms with Crippen LogP contribution in [0, 0.1) is 6.92 Å². The summed E-state index contributed by atoms with van der Waals surface area (Å²) in [5.74, 6) is 0. The molecule has 1 saturated carbocycles. The summed E-state index contributed by atoms with van der Waals surface area (Å²) in [6.07, 6.45) is 5.27. The molecular weight excluding hydrogens is 178 g/mol. The first kappa shape index (κ1) is 9.22. The molecule has 2 rings (SSSR count). The molecule has 0 aromatic carbocycles. The molecule has 1 aromatic rings. The molecule has 0 saturated heterocycles. The van der Waals surface area contributed by atoms with Crippen molar-refractivity contribution in [1.29, 1.82) is 0 Å². The van der Waals surface area contributed by atoms with Gasteiger partial charge >= 0.3 is 0 Å². The Morgan fingerprint density at radius 1 is 1.54 bits per heavy atom. The minimum Gasteiger partial charge on any atom is -0.330 e. The van der Waals surface area contributed by atoms with Gasteiger partial charge in [0.15, 0.2) is 0 Å². The predicted molar refractivity (Wildman–Crippen MR) is 58.3 cm³/mol. The molecule has 0 aliphatic heterocycles. The normalized spacial score (nSPS) is 19.8. The van der Waals surface area contributed by atoms with E-state index in [2.05, 4.69) is 18.4 Å². The minimum absolute atomic E-state index is 0.479. The number of thiophene rings is 1. The van der Waals surface area contributed by atoms with Crippen LogP contribution in [0.5, 0.6) is 0 Å². The van der Waals surface area contributed by atoms with Gasteiger partial charge in [-0.25, -0.2) is 0 Å². The highest BCUT2D eigenvalue weighted by atomic mass is 32.1. The van der Waals surface area contributed by atoms with E-state index >= 15 is 0 Å². The second-order valence-corrected chi connectivity index (χ2v) is 5.02. The largest absolute Gasteiger partial charge is 0.330 e. The van der Waals surface area contributed by atoms with Crippen molar-refractivity contribution in [3.8, 4) is 0 Å². The molecule has 0 bridgehead atoms. The van der Waals surface area contributed by atoms with Crippen molar-refractivity contribution in [3.63, 3.8) is 0 Å². The Bertz CT molecular complexity index is 286. The van der Waals surface area contributed by atoms with Gasteiger partial charge < -0.3 is 5.73 Å². The van der Waals surface area contributed by atoms with E-state index in [0.717, 1.165) is 6.54 Å². The maximum absolute atomic E-state index is 5.68. The third-order valence-corrected chi connectivity index (χ3v) is 4.54. The molecule has 0 radical (unpaired) electrons. The standard InChI is InChI=1S/C11H17NS/c1-9-3-8-13-10(9)11(6-7-12)4-2-5-11/h3,8H,2,4-7,12H2,1H3. The van der Waals surface area contributed by atoms with Crippen molar-refractivity contribution in [2.75, 3.05) is 6.54 Å². The molecule has 1 aromatic heterocycles. The summed E-state index contributed by atoms with van der Waals surface area (Å²) in [5, 5.41) is 2.21. The third kappa shape index (κ3) is 1.42. The van der Waals surface area contributed by atoms with Gasteiger partial charge in [-0.15, -0.1) is 11.3 Å². The van der Waals surface area contributed by atoms with Crippen LogP contribution in [0.4, 0.5) is 0 Å². The first-order valence-corrected chi connectivity index (χ1v) is 5.91. The maximum atomic E-state index is 5.68. The lowest BCUT2D eigenvalue weighted by molar-refractivity contribution is 0.234. The Kier molecular flexibility index (Phi) is 2.43. The molecule has 1 aliphatic rings. The van der Waals surface area contributed by atoms with Crippen LogP contribution in [0.25, 0.3) is 0 Å². The first-order chi connectivity index (χ1) is 6.28. The highest BCUT2D eigenvalue weighted by Gasteiger charge is 2.39. The van der Waals surface area contributed by atoms with E-state index < -0.39 is 0 Å². The molecule has 2 N–H and O–H groups in total. The van der Waals surface area contributed by atoms with Gasteiger partial charge in [0.1, 0.15) is 0 Å². The zero-order chi connectivity index (χ0) is 9.31. The van der Waals surface area contributed by atoms with Gasteiger partial charge in [0.05, 0.1) is 0 Å². The molecule has 1 fully saturated rings. The van der Waals surface area contributed by atoms with E-state index in [1.165, 1.54) is 31.2 Å². The summed E-state index contributed by atoms with van der Waals surface area (Å²) in [6, 6.07) is 2.23. The van der Waals surface area contributed by atoms with Crippen molar-refractivity contribution < 1.29 is 0 Å². The van der Waals surface area contributed by atoms with Crippen LogP contribution in [0.3, 0.4) is 0 Å². The molecule has 0 amide bonds. The second kappa shape index (κ2) is 3.43. The molecule has 72 valence electrons. The van der Waals surface area contributed by atoms with E-state index in [1.807, 2.05) is 11.3 Å². The van der Waals surface area contributed by atoms with Crippen LogP contribution in [0.2, 0.25) is 0 Å². The van der Waals surface area contributed by atoms with Crippen molar-refractivity contribution in [1.82, 2.24) is 0 Å². The average Bonchev–Trinajstić information content (AvgIpc) is 2.44. The molecule has 2 heteroatoms. The van der Waals surface area contributed by atoms with E-state index in [1.54, 1.807) is 4.88 Å². The number of nitrogens with two attached hydrogens (primary N) is 1. The molecule has 0 atom stereocenters. The molecule has 1 nitrogen and oxygen atoms in total.